The third-order valence-corrected chi connectivity index (χ3v) is 3.46. The van der Waals surface area contributed by atoms with Gasteiger partial charge in [0, 0.05) is 17.8 Å². The molecule has 0 aromatic heterocycles. The summed E-state index contributed by atoms with van der Waals surface area (Å²) in [6.07, 6.45) is 0. The van der Waals surface area contributed by atoms with E-state index in [2.05, 4.69) is 37.4 Å². The van der Waals surface area contributed by atoms with Crippen molar-refractivity contribution in [1.82, 2.24) is 0 Å². The number of nitrogens with one attached hydrogen (secondary N) is 1. The number of aryl methyl sites for hydroxylation is 1. The van der Waals surface area contributed by atoms with Gasteiger partial charge in [0.2, 0.25) is 0 Å². The lowest BCUT2D eigenvalue weighted by molar-refractivity contribution is -0.119. The summed E-state index contributed by atoms with van der Waals surface area (Å²) in [6, 6.07) is 14.0. The van der Waals surface area contributed by atoms with Crippen molar-refractivity contribution >= 4 is 11.6 Å². The highest BCUT2D eigenvalue weighted by molar-refractivity contribution is 5.75. The normalized spacial score (nSPS) is 11.6. The molecule has 2 aromatic rings. The Balaban J connectivity index is 2.16. The van der Waals surface area contributed by atoms with Gasteiger partial charge in [-0.25, -0.2) is 0 Å². The Morgan fingerprint density at radius 3 is 2.65 bits per heavy atom. The Hall–Kier alpha value is -2.69. The van der Waals surface area contributed by atoms with Gasteiger partial charge in [0.05, 0.1) is 7.11 Å². The van der Waals surface area contributed by atoms with Crippen LogP contribution in [0.25, 0.3) is 0 Å². The van der Waals surface area contributed by atoms with E-state index < -0.39 is 5.91 Å². The van der Waals surface area contributed by atoms with Crippen LogP contribution in [-0.2, 0) is 4.79 Å². The number of nitrogens with two attached hydrogens (primary N) is 1. The van der Waals surface area contributed by atoms with E-state index in [1.165, 1.54) is 11.1 Å². The third-order valence-electron chi connectivity index (χ3n) is 3.46. The number of primary amides is 1. The van der Waals surface area contributed by atoms with Crippen molar-refractivity contribution in [3.8, 4) is 11.5 Å². The van der Waals surface area contributed by atoms with E-state index in [4.69, 9.17) is 15.2 Å². The standard InChI is InChI=1S/C18H22N2O3/c1-12-5-4-6-14(9-12)13(2)20-15-7-8-16(22-3)17(10-15)23-11-18(19)21/h4-10,13,20H,11H2,1-3H3,(H2,19,21). The number of rotatable bonds is 7. The average molecular weight is 314 g/mol. The van der Waals surface area contributed by atoms with Gasteiger partial charge in [0.15, 0.2) is 18.1 Å². The molecule has 0 saturated carbocycles. The number of hydrogen-bond donors (Lipinski definition) is 2. The fraction of sp³-hybridized carbons (Fsp3) is 0.278. The molecule has 1 atom stereocenters. The van der Waals surface area contributed by atoms with Crippen molar-refractivity contribution in [2.24, 2.45) is 5.73 Å². The second kappa shape index (κ2) is 7.54. The number of ether oxygens (including phenoxy) is 2. The Bertz CT molecular complexity index is 686. The van der Waals surface area contributed by atoms with Crippen LogP contribution in [0.15, 0.2) is 42.5 Å². The molecule has 0 aliphatic rings. The molecule has 0 spiro atoms. The Morgan fingerprint density at radius 2 is 2.00 bits per heavy atom. The minimum Gasteiger partial charge on any atom is -0.493 e. The van der Waals surface area contributed by atoms with Crippen molar-refractivity contribution in [3.63, 3.8) is 0 Å². The first kappa shape index (κ1) is 16.7. The molecule has 0 saturated heterocycles. The first-order valence-corrected chi connectivity index (χ1v) is 7.42. The van der Waals surface area contributed by atoms with E-state index in [9.17, 15) is 4.79 Å². The zero-order chi connectivity index (χ0) is 16.8. The number of anilines is 1. The second-order valence-corrected chi connectivity index (χ2v) is 5.40. The predicted octanol–water partition coefficient (Wildman–Crippen LogP) is 3.04. The van der Waals surface area contributed by atoms with E-state index >= 15 is 0 Å². The van der Waals surface area contributed by atoms with Gasteiger partial charge in [-0.3, -0.25) is 4.79 Å². The highest BCUT2D eigenvalue weighted by atomic mass is 16.5. The van der Waals surface area contributed by atoms with Crippen LogP contribution in [0.5, 0.6) is 11.5 Å². The molecule has 2 aromatic carbocycles. The molecular weight excluding hydrogens is 292 g/mol. The molecule has 3 N–H and O–H groups in total. The maximum absolute atomic E-state index is 10.9. The van der Waals surface area contributed by atoms with Gasteiger partial charge in [0.25, 0.3) is 5.91 Å². The average Bonchev–Trinajstić information content (AvgIpc) is 2.53. The van der Waals surface area contributed by atoms with Gasteiger partial charge in [0.1, 0.15) is 0 Å². The molecule has 23 heavy (non-hydrogen) atoms. The number of carbonyl (C=O) groups is 1. The summed E-state index contributed by atoms with van der Waals surface area (Å²) in [4.78, 5) is 10.9. The van der Waals surface area contributed by atoms with E-state index in [1.807, 2.05) is 12.1 Å². The third kappa shape index (κ3) is 4.64. The van der Waals surface area contributed by atoms with Gasteiger partial charge in [-0.1, -0.05) is 29.8 Å². The van der Waals surface area contributed by atoms with Crippen LogP contribution < -0.4 is 20.5 Å². The van der Waals surface area contributed by atoms with E-state index in [0.717, 1.165) is 5.69 Å². The quantitative estimate of drug-likeness (QED) is 0.824. The first-order chi connectivity index (χ1) is 11.0. The zero-order valence-corrected chi connectivity index (χ0v) is 13.6. The molecule has 1 amide bonds. The fourth-order valence-electron chi connectivity index (χ4n) is 2.30. The molecule has 0 bridgehead atoms. The molecule has 5 heteroatoms. The highest BCUT2D eigenvalue weighted by Crippen LogP contribution is 2.31. The van der Waals surface area contributed by atoms with E-state index in [0.29, 0.717) is 11.5 Å². The van der Waals surface area contributed by atoms with Crippen molar-refractivity contribution in [2.45, 2.75) is 19.9 Å². The largest absolute Gasteiger partial charge is 0.493 e. The smallest absolute Gasteiger partial charge is 0.255 e. The maximum atomic E-state index is 10.9. The van der Waals surface area contributed by atoms with Crippen molar-refractivity contribution in [3.05, 3.63) is 53.6 Å². The van der Waals surface area contributed by atoms with Crippen molar-refractivity contribution < 1.29 is 14.3 Å². The maximum Gasteiger partial charge on any atom is 0.255 e. The second-order valence-electron chi connectivity index (χ2n) is 5.40. The van der Waals surface area contributed by atoms with Crippen LogP contribution in [-0.4, -0.2) is 19.6 Å². The predicted molar refractivity (Wildman–Crippen MR) is 90.9 cm³/mol. The van der Waals surface area contributed by atoms with Crippen molar-refractivity contribution in [2.75, 3.05) is 19.0 Å². The number of amides is 1. The monoisotopic (exact) mass is 314 g/mol. The van der Waals surface area contributed by atoms with Crippen molar-refractivity contribution in [1.29, 1.82) is 0 Å². The molecule has 0 fully saturated rings. The summed E-state index contributed by atoms with van der Waals surface area (Å²) < 4.78 is 10.6. The lowest BCUT2D eigenvalue weighted by atomic mass is 10.1. The molecule has 122 valence electrons. The molecule has 0 heterocycles. The Labute approximate surface area is 136 Å². The molecule has 0 radical (unpaired) electrons. The van der Waals surface area contributed by atoms with Gasteiger partial charge in [-0.2, -0.15) is 0 Å². The number of carbonyl (C=O) groups excluding carboxylic acids is 1. The van der Waals surface area contributed by atoms with Gasteiger partial charge in [-0.15, -0.1) is 0 Å². The summed E-state index contributed by atoms with van der Waals surface area (Å²) in [7, 11) is 1.55. The van der Waals surface area contributed by atoms with Crippen LogP contribution in [0.1, 0.15) is 24.1 Å². The zero-order valence-electron chi connectivity index (χ0n) is 13.6. The fourth-order valence-corrected chi connectivity index (χ4v) is 2.30. The topological polar surface area (TPSA) is 73.6 Å². The molecule has 0 aliphatic heterocycles. The van der Waals surface area contributed by atoms with E-state index in [1.54, 1.807) is 19.2 Å². The van der Waals surface area contributed by atoms with Crippen LogP contribution in [0.3, 0.4) is 0 Å². The van der Waals surface area contributed by atoms with Crippen LogP contribution in [0.4, 0.5) is 5.69 Å². The van der Waals surface area contributed by atoms with Crippen LogP contribution in [0.2, 0.25) is 0 Å². The highest BCUT2D eigenvalue weighted by Gasteiger charge is 2.10. The number of benzene rings is 2. The van der Waals surface area contributed by atoms with Gasteiger partial charge < -0.3 is 20.5 Å². The molecule has 5 nitrogen and oxygen atoms in total. The minimum absolute atomic E-state index is 0.132. The van der Waals surface area contributed by atoms with E-state index in [-0.39, 0.29) is 12.6 Å². The first-order valence-electron chi connectivity index (χ1n) is 7.42. The Morgan fingerprint density at radius 1 is 1.22 bits per heavy atom. The summed E-state index contributed by atoms with van der Waals surface area (Å²) in [5.74, 6) is 0.506. The molecule has 2 rings (SSSR count). The SMILES string of the molecule is COc1ccc(NC(C)c2cccc(C)c2)cc1OCC(N)=O. The van der Waals surface area contributed by atoms with Gasteiger partial charge in [-0.05, 0) is 31.5 Å². The molecular formula is C18H22N2O3. The minimum atomic E-state index is -0.529. The number of methoxy groups -OCH3 is 1. The Kier molecular flexibility index (Phi) is 5.46. The van der Waals surface area contributed by atoms with Crippen LogP contribution >= 0.6 is 0 Å². The van der Waals surface area contributed by atoms with Crippen LogP contribution in [0, 0.1) is 6.92 Å². The lowest BCUT2D eigenvalue weighted by Gasteiger charge is -2.18. The summed E-state index contributed by atoms with van der Waals surface area (Å²) in [5.41, 5.74) is 8.41. The summed E-state index contributed by atoms with van der Waals surface area (Å²) in [5, 5.41) is 3.41. The summed E-state index contributed by atoms with van der Waals surface area (Å²) >= 11 is 0. The summed E-state index contributed by atoms with van der Waals surface area (Å²) in [6.45, 7) is 3.97. The lowest BCUT2D eigenvalue weighted by Crippen LogP contribution is -2.20. The van der Waals surface area contributed by atoms with Gasteiger partial charge >= 0.3 is 0 Å². The molecule has 0 aliphatic carbocycles. The molecule has 1 unspecified atom stereocenters. The number of hydrogen-bond acceptors (Lipinski definition) is 4.